The number of rotatable bonds is 19. The van der Waals surface area contributed by atoms with Crippen LogP contribution in [0.5, 0.6) is 17.2 Å². The normalized spacial score (nSPS) is 10.9. The molecule has 0 bridgehead atoms. The van der Waals surface area contributed by atoms with Crippen LogP contribution in [0, 0.1) is 0 Å². The Morgan fingerprint density at radius 2 is 0.659 bits per heavy atom. The van der Waals surface area contributed by atoms with E-state index in [1.165, 1.54) is 11.1 Å². The molecule has 4 aromatic carbocycles. The van der Waals surface area contributed by atoms with E-state index in [1.807, 2.05) is 66.7 Å². The van der Waals surface area contributed by atoms with Gasteiger partial charge >= 0.3 is 0 Å². The van der Waals surface area contributed by atoms with Crippen LogP contribution in [0.3, 0.4) is 0 Å². The molecule has 0 saturated carbocycles. The van der Waals surface area contributed by atoms with Crippen molar-refractivity contribution in [2.24, 2.45) is 0 Å². The van der Waals surface area contributed by atoms with Gasteiger partial charge in [-0.05, 0) is 58.7 Å². The van der Waals surface area contributed by atoms with Crippen LogP contribution in [0.15, 0.2) is 103 Å². The number of benzene rings is 4. The molecule has 0 amide bonds. The molecule has 4 aromatic rings. The molecule has 0 radical (unpaired) electrons. The maximum absolute atomic E-state index is 9.41. The molecule has 0 aromatic heterocycles. The lowest BCUT2D eigenvalue weighted by Crippen LogP contribution is -2.14. The average Bonchev–Trinajstić information content (AvgIpc) is 3.02. The summed E-state index contributed by atoms with van der Waals surface area (Å²) in [6, 6.07) is 33.3. The number of hydrogen-bond donors (Lipinski definition) is 1. The number of aromatic hydroxyl groups is 1. The van der Waals surface area contributed by atoms with Gasteiger partial charge in [0, 0.05) is 0 Å². The second-order valence-electron chi connectivity index (χ2n) is 9.11. The second-order valence-corrected chi connectivity index (χ2v) is 9.11. The van der Waals surface area contributed by atoms with E-state index in [2.05, 4.69) is 24.3 Å². The van der Waals surface area contributed by atoms with Crippen molar-refractivity contribution in [2.75, 3.05) is 66.1 Å². The zero-order valence-electron chi connectivity index (χ0n) is 23.3. The smallest absolute Gasteiger partial charge is 0.119 e. The van der Waals surface area contributed by atoms with Gasteiger partial charge in [-0.3, -0.25) is 0 Å². The van der Waals surface area contributed by atoms with Crippen molar-refractivity contribution in [3.8, 4) is 39.5 Å². The molecule has 0 saturated heterocycles. The first-order valence-electron chi connectivity index (χ1n) is 13.9. The number of phenolic OH excluding ortho intramolecular Hbond substituents is 1. The van der Waals surface area contributed by atoms with Crippen LogP contribution in [-0.4, -0.2) is 71.2 Å². The lowest BCUT2D eigenvalue weighted by molar-refractivity contribution is -0.00698. The van der Waals surface area contributed by atoms with Gasteiger partial charge < -0.3 is 33.5 Å². The van der Waals surface area contributed by atoms with Gasteiger partial charge in [0.25, 0.3) is 0 Å². The lowest BCUT2D eigenvalue weighted by atomic mass is 10.1. The van der Waals surface area contributed by atoms with E-state index in [1.54, 1.807) is 12.1 Å². The number of hydrogen-bond acceptors (Lipinski definition) is 7. The topological polar surface area (TPSA) is 75.6 Å². The third kappa shape index (κ3) is 11.3. The van der Waals surface area contributed by atoms with Gasteiger partial charge in [-0.15, -0.1) is 0 Å². The van der Waals surface area contributed by atoms with Crippen molar-refractivity contribution in [1.29, 1.82) is 0 Å². The minimum absolute atomic E-state index is 0.258. The Hall–Kier alpha value is -3.88. The van der Waals surface area contributed by atoms with E-state index in [0.29, 0.717) is 66.1 Å². The molecular weight excluding hydrogens is 520 g/mol. The molecule has 7 heteroatoms. The Kier molecular flexibility index (Phi) is 13.0. The van der Waals surface area contributed by atoms with Gasteiger partial charge in [-0.1, -0.05) is 66.7 Å². The fourth-order valence-corrected chi connectivity index (χ4v) is 3.97. The summed E-state index contributed by atoms with van der Waals surface area (Å²) < 4.78 is 33.6. The van der Waals surface area contributed by atoms with E-state index in [0.717, 1.165) is 22.6 Å². The maximum atomic E-state index is 9.41. The van der Waals surface area contributed by atoms with E-state index in [9.17, 15) is 5.11 Å². The minimum Gasteiger partial charge on any atom is -0.508 e. The largest absolute Gasteiger partial charge is 0.508 e. The fourth-order valence-electron chi connectivity index (χ4n) is 3.97. The molecule has 0 spiro atoms. The molecule has 216 valence electrons. The molecule has 0 atom stereocenters. The highest BCUT2D eigenvalue weighted by Gasteiger charge is 2.01. The minimum atomic E-state index is 0.258. The molecule has 0 unspecified atom stereocenters. The molecular formula is C34H38O7. The Labute approximate surface area is 242 Å². The Morgan fingerprint density at radius 1 is 0.341 bits per heavy atom. The van der Waals surface area contributed by atoms with Gasteiger partial charge in [0.2, 0.25) is 0 Å². The SMILES string of the molecule is Oc1ccc(-c2ccc(OCCOCCOCCOCCOCCOc3ccc(-c4ccccc4)cc3)cc2)cc1. The highest BCUT2D eigenvalue weighted by Crippen LogP contribution is 2.24. The molecule has 0 heterocycles. The van der Waals surface area contributed by atoms with Crippen LogP contribution in [-0.2, 0) is 18.9 Å². The molecule has 41 heavy (non-hydrogen) atoms. The van der Waals surface area contributed by atoms with Gasteiger partial charge in [0.1, 0.15) is 30.5 Å². The van der Waals surface area contributed by atoms with Crippen molar-refractivity contribution in [1.82, 2.24) is 0 Å². The molecule has 0 aliphatic heterocycles. The lowest BCUT2D eigenvalue weighted by Gasteiger charge is -2.10. The fraction of sp³-hybridized carbons (Fsp3) is 0.294. The molecule has 0 aliphatic carbocycles. The summed E-state index contributed by atoms with van der Waals surface area (Å²) in [5.74, 6) is 1.87. The van der Waals surface area contributed by atoms with Crippen LogP contribution >= 0.6 is 0 Å². The maximum Gasteiger partial charge on any atom is 0.119 e. The Balaban J connectivity index is 0.908. The summed E-state index contributed by atoms with van der Waals surface area (Å²) in [7, 11) is 0. The monoisotopic (exact) mass is 558 g/mol. The highest BCUT2D eigenvalue weighted by molar-refractivity contribution is 5.65. The average molecular weight is 559 g/mol. The number of phenols is 1. The predicted molar refractivity (Wildman–Crippen MR) is 160 cm³/mol. The van der Waals surface area contributed by atoms with Crippen molar-refractivity contribution in [3.63, 3.8) is 0 Å². The molecule has 0 fully saturated rings. The summed E-state index contributed by atoms with van der Waals surface area (Å²) in [4.78, 5) is 0. The van der Waals surface area contributed by atoms with Crippen molar-refractivity contribution in [2.45, 2.75) is 0 Å². The predicted octanol–water partition coefficient (Wildman–Crippen LogP) is 6.25. The summed E-state index contributed by atoms with van der Waals surface area (Å²) in [6.45, 7) is 5.00. The third-order valence-corrected chi connectivity index (χ3v) is 6.13. The molecule has 1 N–H and O–H groups in total. The summed E-state index contributed by atoms with van der Waals surface area (Å²) in [6.07, 6.45) is 0. The van der Waals surface area contributed by atoms with Crippen LogP contribution in [0.2, 0.25) is 0 Å². The summed E-state index contributed by atoms with van der Waals surface area (Å²) in [5.41, 5.74) is 4.46. The first-order chi connectivity index (χ1) is 20.3. The molecule has 7 nitrogen and oxygen atoms in total. The van der Waals surface area contributed by atoms with Crippen LogP contribution < -0.4 is 9.47 Å². The van der Waals surface area contributed by atoms with Crippen molar-refractivity contribution in [3.05, 3.63) is 103 Å². The van der Waals surface area contributed by atoms with Crippen molar-refractivity contribution < 1.29 is 33.5 Å². The Bertz CT molecular complexity index is 1230. The molecule has 0 aliphatic rings. The van der Waals surface area contributed by atoms with Crippen LogP contribution in [0.25, 0.3) is 22.3 Å². The van der Waals surface area contributed by atoms with Gasteiger partial charge in [0.15, 0.2) is 0 Å². The van der Waals surface area contributed by atoms with Gasteiger partial charge in [-0.25, -0.2) is 0 Å². The van der Waals surface area contributed by atoms with Crippen LogP contribution in [0.1, 0.15) is 0 Å². The van der Waals surface area contributed by atoms with Gasteiger partial charge in [0.05, 0.1) is 52.9 Å². The van der Waals surface area contributed by atoms with Crippen molar-refractivity contribution >= 4 is 0 Å². The Morgan fingerprint density at radius 3 is 1.05 bits per heavy atom. The van der Waals surface area contributed by atoms with E-state index in [-0.39, 0.29) is 5.75 Å². The third-order valence-electron chi connectivity index (χ3n) is 6.13. The van der Waals surface area contributed by atoms with E-state index < -0.39 is 0 Å². The number of ether oxygens (including phenoxy) is 6. The second kappa shape index (κ2) is 17.7. The van der Waals surface area contributed by atoms with Gasteiger partial charge in [-0.2, -0.15) is 0 Å². The first-order valence-corrected chi connectivity index (χ1v) is 13.9. The summed E-state index contributed by atoms with van der Waals surface area (Å²) >= 11 is 0. The van der Waals surface area contributed by atoms with E-state index in [4.69, 9.17) is 28.4 Å². The standard InChI is InChI=1S/C34H38O7/c35-32-12-6-29(7-13-32)31-10-16-34(17-11-31)41-27-25-39-23-21-37-19-18-36-20-22-38-24-26-40-33-14-8-30(9-15-33)28-4-2-1-3-5-28/h1-17,35H,18-27H2. The van der Waals surface area contributed by atoms with E-state index >= 15 is 0 Å². The molecule has 4 rings (SSSR count). The zero-order chi connectivity index (χ0) is 28.4. The summed E-state index contributed by atoms with van der Waals surface area (Å²) in [5, 5.41) is 9.41. The first kappa shape index (κ1) is 30.1. The quantitative estimate of drug-likeness (QED) is 0.136. The highest BCUT2D eigenvalue weighted by atomic mass is 16.6. The van der Waals surface area contributed by atoms with Crippen LogP contribution in [0.4, 0.5) is 0 Å². The zero-order valence-corrected chi connectivity index (χ0v) is 23.3.